The number of amides is 1. The lowest BCUT2D eigenvalue weighted by Crippen LogP contribution is -2.35. The number of nitrogens with zero attached hydrogens (tertiary/aromatic N) is 3. The van der Waals surface area contributed by atoms with E-state index in [-0.39, 0.29) is 5.91 Å². The first-order chi connectivity index (χ1) is 26.8. The van der Waals surface area contributed by atoms with Crippen molar-refractivity contribution in [3.05, 3.63) is 73.1 Å². The summed E-state index contributed by atoms with van der Waals surface area (Å²) in [5.41, 5.74) is 4.26. The molecular weight excluding hydrogens is 763 g/mol. The number of carboxylic acids is 1. The summed E-state index contributed by atoms with van der Waals surface area (Å²) in [6.07, 6.45) is 22.7. The van der Waals surface area contributed by atoms with E-state index in [0.717, 1.165) is 43.4 Å². The molecule has 1 aliphatic carbocycles. The van der Waals surface area contributed by atoms with Crippen molar-refractivity contribution < 1.29 is 14.7 Å². The standard InChI is InChI=1S/C44H57N3O4S4/c1-3-5-7-9-11-12-14-16-27-53-33-23-21-32(22-24-33)47-36-19-17-18-34(36)35-28-31(20-25-37(35)47)29-38-41(50)46(30-39(48)49)43(54-38)40-42(51)45(44(52)55-40)26-15-13-10-8-6-4-2/h20-25,28-29,34,36H,3-19,26-27,30H2,1-2H3,(H,48,49)/b38-29-,43-40+. The first-order valence-corrected chi connectivity index (χ1v) is 23.7. The van der Waals surface area contributed by atoms with E-state index in [0.29, 0.717) is 36.9 Å². The Balaban J connectivity index is 1.18. The molecule has 1 saturated heterocycles. The molecule has 11 heteroatoms. The SMILES string of the molecule is CCCCCCCCCCSc1ccc(N2c3ccc(/C=c4\s/c(=C5/SC(=S)N(CCCCCCCC)C5=O)n(CC(=O)O)c4=O)cc3C3CCCC32)cc1. The van der Waals surface area contributed by atoms with E-state index in [1.54, 1.807) is 4.90 Å². The molecule has 0 radical (unpaired) electrons. The normalized spacial score (nSPS) is 19.2. The third-order valence-corrected chi connectivity index (χ3v) is 15.0. The maximum absolute atomic E-state index is 13.8. The number of carboxylic acid groups (broad SMARTS) is 1. The van der Waals surface area contributed by atoms with Crippen LogP contribution in [0.3, 0.4) is 0 Å². The molecule has 2 unspecified atom stereocenters. The van der Waals surface area contributed by atoms with Crippen LogP contribution in [0.4, 0.5) is 11.4 Å². The fraction of sp³-hybridized carbons (Fsp3) is 0.545. The molecule has 1 amide bonds. The fourth-order valence-electron chi connectivity index (χ4n) is 8.32. The lowest BCUT2D eigenvalue weighted by atomic mass is 9.96. The summed E-state index contributed by atoms with van der Waals surface area (Å²) < 4.78 is 2.47. The number of thiazole rings is 1. The largest absolute Gasteiger partial charge is 0.480 e. The summed E-state index contributed by atoms with van der Waals surface area (Å²) in [5, 5.41) is 9.75. The van der Waals surface area contributed by atoms with Gasteiger partial charge >= 0.3 is 5.97 Å². The molecular formula is C44H57N3O4S4. The highest BCUT2D eigenvalue weighted by molar-refractivity contribution is 8.30. The van der Waals surface area contributed by atoms with Gasteiger partial charge in [0.1, 0.15) is 20.4 Å². The van der Waals surface area contributed by atoms with E-state index in [9.17, 15) is 19.5 Å². The Morgan fingerprint density at radius 2 is 1.56 bits per heavy atom. The molecule has 1 aromatic heterocycles. The molecule has 1 N–H and O–H groups in total. The van der Waals surface area contributed by atoms with Gasteiger partial charge in [-0.2, -0.15) is 0 Å². The Labute approximate surface area is 344 Å². The van der Waals surface area contributed by atoms with E-state index in [4.69, 9.17) is 12.2 Å². The van der Waals surface area contributed by atoms with Crippen LogP contribution in [0, 0.1) is 0 Å². The quantitative estimate of drug-likeness (QED) is 0.0647. The number of unbranched alkanes of at least 4 members (excludes halogenated alkanes) is 12. The van der Waals surface area contributed by atoms with Gasteiger partial charge in [0.15, 0.2) is 0 Å². The highest BCUT2D eigenvalue weighted by atomic mass is 32.2. The van der Waals surface area contributed by atoms with Gasteiger partial charge in [-0.25, -0.2) is 0 Å². The molecule has 3 aliphatic rings. The Bertz CT molecular complexity index is 1990. The minimum atomic E-state index is -1.13. The third-order valence-electron chi connectivity index (χ3n) is 11.2. The number of aliphatic carboxylic acids is 1. The highest BCUT2D eigenvalue weighted by Gasteiger charge is 2.42. The molecule has 7 nitrogen and oxygen atoms in total. The van der Waals surface area contributed by atoms with Crippen molar-refractivity contribution in [2.24, 2.45) is 0 Å². The minimum absolute atomic E-state index is 0.240. The van der Waals surface area contributed by atoms with Crippen molar-refractivity contribution in [1.82, 2.24) is 9.47 Å². The zero-order valence-corrected chi connectivity index (χ0v) is 35.8. The predicted molar refractivity (Wildman–Crippen MR) is 236 cm³/mol. The molecule has 0 spiro atoms. The summed E-state index contributed by atoms with van der Waals surface area (Å²) in [7, 11) is 0. The number of fused-ring (bicyclic) bond motifs is 3. The van der Waals surface area contributed by atoms with Crippen molar-refractivity contribution in [2.75, 3.05) is 17.2 Å². The van der Waals surface area contributed by atoms with Gasteiger partial charge in [0, 0.05) is 34.8 Å². The van der Waals surface area contributed by atoms with Crippen molar-refractivity contribution in [3.63, 3.8) is 0 Å². The second kappa shape index (κ2) is 20.5. The molecule has 2 aliphatic heterocycles. The van der Waals surface area contributed by atoms with Crippen LogP contribution in [-0.2, 0) is 16.1 Å². The predicted octanol–water partition coefficient (Wildman–Crippen LogP) is 10.2. The zero-order valence-electron chi connectivity index (χ0n) is 32.6. The van der Waals surface area contributed by atoms with Gasteiger partial charge in [-0.1, -0.05) is 127 Å². The molecule has 3 aromatic rings. The number of rotatable bonds is 21. The van der Waals surface area contributed by atoms with Gasteiger partial charge in [0.2, 0.25) is 0 Å². The monoisotopic (exact) mass is 819 g/mol. The average molecular weight is 820 g/mol. The first kappa shape index (κ1) is 41.8. The average Bonchev–Trinajstić information content (AvgIpc) is 3.92. The van der Waals surface area contributed by atoms with Crippen molar-refractivity contribution in [1.29, 1.82) is 0 Å². The van der Waals surface area contributed by atoms with Gasteiger partial charge in [-0.05, 0) is 85.0 Å². The van der Waals surface area contributed by atoms with Crippen LogP contribution < -0.4 is 19.7 Å². The van der Waals surface area contributed by atoms with Crippen LogP contribution in [0.5, 0.6) is 0 Å². The zero-order chi connectivity index (χ0) is 38.7. The van der Waals surface area contributed by atoms with Crippen molar-refractivity contribution in [3.8, 4) is 0 Å². The lowest BCUT2D eigenvalue weighted by Gasteiger charge is -2.27. The number of aromatic nitrogens is 1. The number of carbonyl (C=O) groups is 2. The maximum atomic E-state index is 13.8. The smallest absolute Gasteiger partial charge is 0.323 e. The van der Waals surface area contributed by atoms with E-state index in [2.05, 4.69) is 61.2 Å². The molecule has 296 valence electrons. The summed E-state index contributed by atoms with van der Waals surface area (Å²) in [5.74, 6) is 0.215. The molecule has 1 saturated carbocycles. The Morgan fingerprint density at radius 1 is 0.891 bits per heavy atom. The van der Waals surface area contributed by atoms with Crippen LogP contribution in [0.2, 0.25) is 0 Å². The molecule has 0 bridgehead atoms. The summed E-state index contributed by atoms with van der Waals surface area (Å²) in [4.78, 5) is 45.1. The Morgan fingerprint density at radius 3 is 2.25 bits per heavy atom. The van der Waals surface area contributed by atoms with Crippen LogP contribution in [0.1, 0.15) is 140 Å². The number of hydrogen-bond acceptors (Lipinski definition) is 8. The van der Waals surface area contributed by atoms with E-state index in [1.807, 2.05) is 17.8 Å². The fourth-order valence-corrected chi connectivity index (χ4v) is 11.8. The number of thiocarbonyl (C=S) groups is 1. The maximum Gasteiger partial charge on any atom is 0.323 e. The summed E-state index contributed by atoms with van der Waals surface area (Å²) >= 11 is 9.92. The molecule has 3 heterocycles. The van der Waals surface area contributed by atoms with Gasteiger partial charge < -0.3 is 10.0 Å². The highest BCUT2D eigenvalue weighted by Crippen LogP contribution is 2.52. The van der Waals surface area contributed by atoms with E-state index < -0.39 is 18.1 Å². The molecule has 55 heavy (non-hydrogen) atoms. The summed E-state index contributed by atoms with van der Waals surface area (Å²) in [6.45, 7) is 4.48. The third kappa shape index (κ3) is 10.4. The second-order valence-corrected chi connectivity index (χ2v) is 19.1. The van der Waals surface area contributed by atoms with E-state index in [1.165, 1.54) is 127 Å². The Kier molecular flexibility index (Phi) is 15.6. The topological polar surface area (TPSA) is 82.8 Å². The van der Waals surface area contributed by atoms with Gasteiger partial charge in [0.25, 0.3) is 11.5 Å². The molecule has 2 aromatic carbocycles. The number of thioether (sulfide) groups is 2. The second-order valence-electron chi connectivity index (χ2n) is 15.2. The minimum Gasteiger partial charge on any atom is -0.480 e. The van der Waals surface area contributed by atoms with Gasteiger partial charge in [-0.3, -0.25) is 23.9 Å². The van der Waals surface area contributed by atoms with Crippen molar-refractivity contribution in [2.45, 2.75) is 146 Å². The van der Waals surface area contributed by atoms with Crippen LogP contribution in [0.15, 0.2) is 52.2 Å². The van der Waals surface area contributed by atoms with Crippen LogP contribution in [0.25, 0.3) is 11.0 Å². The van der Waals surface area contributed by atoms with Gasteiger partial charge in [0.05, 0.1) is 4.53 Å². The Hall–Kier alpha value is -2.86. The van der Waals surface area contributed by atoms with Crippen LogP contribution in [-0.4, -0.2) is 49.1 Å². The van der Waals surface area contributed by atoms with Crippen LogP contribution >= 0.6 is 47.1 Å². The van der Waals surface area contributed by atoms with E-state index >= 15 is 0 Å². The first-order valence-electron chi connectivity index (χ1n) is 20.7. The molecule has 2 atom stereocenters. The number of hydrogen-bond donors (Lipinski definition) is 1. The number of anilines is 2. The number of benzene rings is 2. The lowest BCUT2D eigenvalue weighted by molar-refractivity contribution is -0.137. The van der Waals surface area contributed by atoms with Gasteiger partial charge in [-0.15, -0.1) is 23.1 Å². The molecule has 2 fully saturated rings. The summed E-state index contributed by atoms with van der Waals surface area (Å²) in [6, 6.07) is 16.0. The van der Waals surface area contributed by atoms with Crippen molar-refractivity contribution >= 4 is 85.6 Å². The molecule has 6 rings (SSSR count). The number of carbonyl (C=O) groups excluding carboxylic acids is 1.